The summed E-state index contributed by atoms with van der Waals surface area (Å²) in [4.78, 5) is 23.2. The fourth-order valence-corrected chi connectivity index (χ4v) is 2.76. The van der Waals surface area contributed by atoms with Crippen molar-refractivity contribution in [2.24, 2.45) is 5.73 Å². The molecule has 3 N–H and O–H groups in total. The highest BCUT2D eigenvalue weighted by Gasteiger charge is 2.16. The van der Waals surface area contributed by atoms with Crippen molar-refractivity contribution in [1.29, 1.82) is 0 Å². The Bertz CT molecular complexity index is 775. The number of rotatable bonds is 9. The quantitative estimate of drug-likeness (QED) is 0.513. The Kier molecular flexibility index (Phi) is 6.58. The van der Waals surface area contributed by atoms with Gasteiger partial charge in [0.05, 0.1) is 19.3 Å². The van der Waals surface area contributed by atoms with Crippen LogP contribution in [0.25, 0.3) is 0 Å². The maximum atomic E-state index is 12.3. The maximum absolute atomic E-state index is 12.3. The van der Waals surface area contributed by atoms with Crippen LogP contribution in [-0.4, -0.2) is 39.4 Å². The van der Waals surface area contributed by atoms with Gasteiger partial charge in [-0.2, -0.15) is 0 Å². The average molecular weight is 361 g/mol. The summed E-state index contributed by atoms with van der Waals surface area (Å²) in [5, 5.41) is 11.4. The number of primary amides is 1. The van der Waals surface area contributed by atoms with E-state index in [0.29, 0.717) is 29.0 Å². The topological polar surface area (TPSA) is 112 Å². The summed E-state index contributed by atoms with van der Waals surface area (Å²) in [5.41, 5.74) is 5.78. The predicted molar refractivity (Wildman–Crippen MR) is 95.5 cm³/mol. The standard InChI is InChI=1S/C16H19N5O3S/c1-3-7-21-14(19-20-16(21)25-10-13(17)22)9-15(23)18-11-5-4-6-12(8-11)24-2/h3-6,8H,1,7,9-10H2,2H3,(H2,17,22)(H,18,23). The minimum Gasteiger partial charge on any atom is -0.497 e. The first-order valence-electron chi connectivity index (χ1n) is 7.41. The lowest BCUT2D eigenvalue weighted by atomic mass is 10.3. The maximum Gasteiger partial charge on any atom is 0.232 e. The van der Waals surface area contributed by atoms with Crippen molar-refractivity contribution in [1.82, 2.24) is 14.8 Å². The van der Waals surface area contributed by atoms with Crippen LogP contribution in [-0.2, 0) is 22.6 Å². The number of carbonyl (C=O) groups excluding carboxylic acids is 2. The van der Waals surface area contributed by atoms with E-state index in [-0.39, 0.29) is 18.1 Å². The third kappa shape index (κ3) is 5.35. The van der Waals surface area contributed by atoms with Crippen LogP contribution in [0.15, 0.2) is 42.1 Å². The molecule has 0 aliphatic heterocycles. The molecule has 0 atom stereocenters. The van der Waals surface area contributed by atoms with E-state index < -0.39 is 5.91 Å². The fourth-order valence-electron chi connectivity index (χ4n) is 2.05. The van der Waals surface area contributed by atoms with Crippen LogP contribution >= 0.6 is 11.8 Å². The lowest BCUT2D eigenvalue weighted by Gasteiger charge is -2.09. The van der Waals surface area contributed by atoms with Gasteiger partial charge in [-0.25, -0.2) is 0 Å². The second-order valence-electron chi connectivity index (χ2n) is 5.01. The van der Waals surface area contributed by atoms with Gasteiger partial charge >= 0.3 is 0 Å². The van der Waals surface area contributed by atoms with Gasteiger partial charge in [0.25, 0.3) is 0 Å². The molecule has 0 bridgehead atoms. The van der Waals surface area contributed by atoms with Gasteiger partial charge in [0.2, 0.25) is 11.8 Å². The number of aromatic nitrogens is 3. The summed E-state index contributed by atoms with van der Waals surface area (Å²) in [6.45, 7) is 4.11. The highest BCUT2D eigenvalue weighted by Crippen LogP contribution is 2.19. The largest absolute Gasteiger partial charge is 0.497 e. The van der Waals surface area contributed by atoms with Gasteiger partial charge in [-0.3, -0.25) is 9.59 Å². The zero-order chi connectivity index (χ0) is 18.2. The molecular weight excluding hydrogens is 342 g/mol. The SMILES string of the molecule is C=CCn1c(CC(=O)Nc2cccc(OC)c2)nnc1SCC(N)=O. The highest BCUT2D eigenvalue weighted by atomic mass is 32.2. The summed E-state index contributed by atoms with van der Waals surface area (Å²) < 4.78 is 6.85. The molecule has 2 aromatic rings. The first-order valence-corrected chi connectivity index (χ1v) is 8.40. The Morgan fingerprint density at radius 2 is 2.24 bits per heavy atom. The highest BCUT2D eigenvalue weighted by molar-refractivity contribution is 7.99. The van der Waals surface area contributed by atoms with E-state index >= 15 is 0 Å². The number of nitrogens with one attached hydrogen (secondary N) is 1. The molecule has 132 valence electrons. The molecule has 0 fully saturated rings. The van der Waals surface area contributed by atoms with Crippen molar-refractivity contribution in [3.05, 3.63) is 42.7 Å². The third-order valence-electron chi connectivity index (χ3n) is 3.12. The summed E-state index contributed by atoms with van der Waals surface area (Å²) in [6.07, 6.45) is 1.70. The number of amides is 2. The molecule has 1 aromatic carbocycles. The number of anilines is 1. The molecule has 0 saturated heterocycles. The van der Waals surface area contributed by atoms with Crippen molar-refractivity contribution >= 4 is 29.3 Å². The van der Waals surface area contributed by atoms with Crippen LogP contribution in [0.1, 0.15) is 5.82 Å². The molecule has 25 heavy (non-hydrogen) atoms. The zero-order valence-corrected chi connectivity index (χ0v) is 14.6. The molecule has 8 nitrogen and oxygen atoms in total. The van der Waals surface area contributed by atoms with Crippen LogP contribution in [0.3, 0.4) is 0 Å². The van der Waals surface area contributed by atoms with Gasteiger partial charge in [0.15, 0.2) is 5.16 Å². The van der Waals surface area contributed by atoms with Crippen molar-refractivity contribution in [2.75, 3.05) is 18.2 Å². The van der Waals surface area contributed by atoms with Gasteiger partial charge in [-0.1, -0.05) is 23.9 Å². The van der Waals surface area contributed by atoms with Crippen molar-refractivity contribution in [3.8, 4) is 5.75 Å². The molecule has 0 saturated carbocycles. The lowest BCUT2D eigenvalue weighted by Crippen LogP contribution is -2.18. The molecule has 2 rings (SSSR count). The summed E-state index contributed by atoms with van der Waals surface area (Å²) >= 11 is 1.17. The second kappa shape index (κ2) is 8.88. The first kappa shape index (κ1) is 18.5. The van der Waals surface area contributed by atoms with Crippen LogP contribution in [0.2, 0.25) is 0 Å². The van der Waals surface area contributed by atoms with E-state index in [2.05, 4.69) is 22.1 Å². The first-order chi connectivity index (χ1) is 12.0. The minimum atomic E-state index is -0.449. The Morgan fingerprint density at radius 3 is 2.92 bits per heavy atom. The van der Waals surface area contributed by atoms with E-state index in [1.54, 1.807) is 42.0 Å². The second-order valence-corrected chi connectivity index (χ2v) is 5.95. The van der Waals surface area contributed by atoms with Crippen LogP contribution in [0.4, 0.5) is 5.69 Å². The Morgan fingerprint density at radius 1 is 1.44 bits per heavy atom. The smallest absolute Gasteiger partial charge is 0.232 e. The molecule has 0 spiro atoms. The molecule has 1 heterocycles. The number of benzene rings is 1. The summed E-state index contributed by atoms with van der Waals surface area (Å²) in [5.74, 6) is 0.531. The van der Waals surface area contributed by atoms with E-state index in [0.717, 1.165) is 0 Å². The Labute approximate surface area is 149 Å². The zero-order valence-electron chi connectivity index (χ0n) is 13.8. The monoisotopic (exact) mass is 361 g/mol. The normalized spacial score (nSPS) is 10.3. The molecule has 0 aliphatic rings. The molecule has 0 radical (unpaired) electrons. The predicted octanol–water partition coefficient (Wildman–Crippen LogP) is 1.23. The van der Waals surface area contributed by atoms with Gasteiger partial charge in [0.1, 0.15) is 11.6 Å². The number of ether oxygens (including phenoxy) is 1. The van der Waals surface area contributed by atoms with Crippen molar-refractivity contribution in [3.63, 3.8) is 0 Å². The molecule has 2 amide bonds. The number of hydrogen-bond donors (Lipinski definition) is 2. The van der Waals surface area contributed by atoms with Crippen molar-refractivity contribution < 1.29 is 14.3 Å². The van der Waals surface area contributed by atoms with Gasteiger partial charge < -0.3 is 20.4 Å². The fraction of sp³-hybridized carbons (Fsp3) is 0.250. The lowest BCUT2D eigenvalue weighted by molar-refractivity contribution is -0.116. The van der Waals surface area contributed by atoms with Gasteiger partial charge in [0, 0.05) is 18.3 Å². The number of allylic oxidation sites excluding steroid dienone is 1. The van der Waals surface area contributed by atoms with Gasteiger partial charge in [-0.05, 0) is 12.1 Å². The van der Waals surface area contributed by atoms with E-state index in [9.17, 15) is 9.59 Å². The van der Waals surface area contributed by atoms with Crippen LogP contribution in [0, 0.1) is 0 Å². The number of thioether (sulfide) groups is 1. The summed E-state index contributed by atoms with van der Waals surface area (Å²) in [7, 11) is 1.56. The molecular formula is C16H19N5O3S. The van der Waals surface area contributed by atoms with E-state index in [4.69, 9.17) is 10.5 Å². The average Bonchev–Trinajstić information content (AvgIpc) is 2.95. The Hall–Kier alpha value is -2.81. The van der Waals surface area contributed by atoms with Crippen LogP contribution in [0.5, 0.6) is 5.75 Å². The number of hydrogen-bond acceptors (Lipinski definition) is 6. The Balaban J connectivity index is 2.08. The molecule has 1 aromatic heterocycles. The third-order valence-corrected chi connectivity index (χ3v) is 4.11. The van der Waals surface area contributed by atoms with E-state index in [1.165, 1.54) is 11.8 Å². The molecule has 0 aliphatic carbocycles. The van der Waals surface area contributed by atoms with E-state index in [1.807, 2.05) is 0 Å². The van der Waals surface area contributed by atoms with Crippen LogP contribution < -0.4 is 15.8 Å². The number of nitrogens with zero attached hydrogens (tertiary/aromatic N) is 3. The summed E-state index contributed by atoms with van der Waals surface area (Å²) in [6, 6.07) is 7.06. The molecule has 9 heteroatoms. The van der Waals surface area contributed by atoms with Crippen molar-refractivity contribution in [2.45, 2.75) is 18.1 Å². The molecule has 0 unspecified atom stereocenters. The number of methoxy groups -OCH3 is 1. The van der Waals surface area contributed by atoms with Gasteiger partial charge in [-0.15, -0.1) is 16.8 Å². The number of carbonyl (C=O) groups is 2. The minimum absolute atomic E-state index is 0.0369. The number of nitrogens with two attached hydrogens (primary N) is 1.